The Morgan fingerprint density at radius 2 is 2.13 bits per heavy atom. The molecule has 0 bridgehead atoms. The number of fused-ring (bicyclic) bond motifs is 1. The van der Waals surface area contributed by atoms with Gasteiger partial charge >= 0.3 is 0 Å². The zero-order valence-corrected chi connectivity index (χ0v) is 11.3. The molecule has 1 heterocycles. The quantitative estimate of drug-likeness (QED) is 0.740. The van der Waals surface area contributed by atoms with Crippen molar-refractivity contribution in [2.75, 3.05) is 7.11 Å². The van der Waals surface area contributed by atoms with Gasteiger partial charge in [0.05, 0.1) is 21.2 Å². The number of pyridine rings is 1. The van der Waals surface area contributed by atoms with Gasteiger partial charge in [0, 0.05) is 11.6 Å². The van der Waals surface area contributed by atoms with Crippen LogP contribution in [0.2, 0.25) is 5.02 Å². The second kappa shape index (κ2) is 4.14. The first kappa shape index (κ1) is 11.0. The molecular weight excluding hydrogens is 324 g/mol. The third-order valence-electron chi connectivity index (χ3n) is 2.26. The zero-order valence-electron chi connectivity index (χ0n) is 8.34. The van der Waals surface area contributed by atoms with Crippen LogP contribution in [0.4, 0.5) is 0 Å². The number of aromatic nitrogens is 1. The Labute approximate surface area is 107 Å². The Morgan fingerprint density at radius 3 is 2.80 bits per heavy atom. The summed E-state index contributed by atoms with van der Waals surface area (Å²) >= 11 is 8.40. The van der Waals surface area contributed by atoms with Crippen LogP contribution in [0.15, 0.2) is 18.3 Å². The molecule has 15 heavy (non-hydrogen) atoms. The Kier molecular flexibility index (Phi) is 3.02. The van der Waals surface area contributed by atoms with Crippen molar-refractivity contribution in [3.8, 4) is 5.75 Å². The van der Waals surface area contributed by atoms with E-state index in [-0.39, 0.29) is 0 Å². The number of aryl methyl sites for hydroxylation is 1. The van der Waals surface area contributed by atoms with Gasteiger partial charge in [0.15, 0.2) is 0 Å². The number of nitrogens with zero attached hydrogens (tertiary/aromatic N) is 1. The number of hydrogen-bond acceptors (Lipinski definition) is 2. The van der Waals surface area contributed by atoms with Gasteiger partial charge in [0.1, 0.15) is 5.75 Å². The molecule has 1 aromatic carbocycles. The van der Waals surface area contributed by atoms with Crippen LogP contribution in [0.3, 0.4) is 0 Å². The summed E-state index contributed by atoms with van der Waals surface area (Å²) in [6.07, 6.45) is 1.78. The lowest BCUT2D eigenvalue weighted by Gasteiger charge is -2.07. The number of methoxy groups -OCH3 is 1. The van der Waals surface area contributed by atoms with Crippen LogP contribution in [0.5, 0.6) is 5.75 Å². The van der Waals surface area contributed by atoms with Crippen LogP contribution in [0.25, 0.3) is 10.9 Å². The van der Waals surface area contributed by atoms with Gasteiger partial charge in [-0.2, -0.15) is 0 Å². The second-order valence-corrected chi connectivity index (χ2v) is 4.80. The van der Waals surface area contributed by atoms with Crippen LogP contribution < -0.4 is 4.74 Å². The summed E-state index contributed by atoms with van der Waals surface area (Å²) in [4.78, 5) is 4.37. The summed E-state index contributed by atoms with van der Waals surface area (Å²) in [5.41, 5.74) is 2.00. The molecule has 0 saturated carbocycles. The highest BCUT2D eigenvalue weighted by atomic mass is 127. The van der Waals surface area contributed by atoms with Crippen molar-refractivity contribution in [2.24, 2.45) is 0 Å². The maximum Gasteiger partial charge on any atom is 0.119 e. The monoisotopic (exact) mass is 333 g/mol. The maximum atomic E-state index is 6.22. The molecule has 2 nitrogen and oxygen atoms in total. The van der Waals surface area contributed by atoms with E-state index in [0.717, 1.165) is 30.8 Å². The van der Waals surface area contributed by atoms with Gasteiger partial charge in [-0.1, -0.05) is 11.6 Å². The molecule has 2 aromatic rings. The lowest BCUT2D eigenvalue weighted by molar-refractivity contribution is 0.415. The molecule has 0 amide bonds. The highest BCUT2D eigenvalue weighted by Crippen LogP contribution is 2.31. The normalized spacial score (nSPS) is 10.7. The first-order valence-corrected chi connectivity index (χ1v) is 5.87. The molecule has 78 valence electrons. The van der Waals surface area contributed by atoms with E-state index in [2.05, 4.69) is 27.6 Å². The number of rotatable bonds is 1. The van der Waals surface area contributed by atoms with Crippen LogP contribution in [-0.4, -0.2) is 12.1 Å². The lowest BCUT2D eigenvalue weighted by atomic mass is 10.1. The molecular formula is C11H9ClINO. The van der Waals surface area contributed by atoms with E-state index in [4.69, 9.17) is 16.3 Å². The maximum absolute atomic E-state index is 6.22. The topological polar surface area (TPSA) is 22.1 Å². The van der Waals surface area contributed by atoms with Crippen LogP contribution >= 0.6 is 34.2 Å². The largest absolute Gasteiger partial charge is 0.497 e. The SMILES string of the molecule is COc1cc(C)c2ncc(I)c(Cl)c2c1. The standard InChI is InChI=1S/C11H9ClINO/c1-6-3-7(15-2)4-8-10(12)9(13)5-14-11(6)8/h3-5H,1-2H3. The molecule has 0 N–H and O–H groups in total. The predicted molar refractivity (Wildman–Crippen MR) is 70.8 cm³/mol. The number of benzene rings is 1. The van der Waals surface area contributed by atoms with Crippen molar-refractivity contribution in [3.63, 3.8) is 0 Å². The van der Waals surface area contributed by atoms with Crippen LogP contribution in [0.1, 0.15) is 5.56 Å². The zero-order chi connectivity index (χ0) is 11.0. The third kappa shape index (κ3) is 1.90. The minimum Gasteiger partial charge on any atom is -0.497 e. The van der Waals surface area contributed by atoms with Gasteiger partial charge in [-0.3, -0.25) is 4.98 Å². The van der Waals surface area contributed by atoms with Crippen molar-refractivity contribution in [1.29, 1.82) is 0 Å². The summed E-state index contributed by atoms with van der Waals surface area (Å²) in [5.74, 6) is 0.811. The lowest BCUT2D eigenvalue weighted by Crippen LogP contribution is -1.90. The summed E-state index contributed by atoms with van der Waals surface area (Å²) in [5, 5.41) is 1.68. The molecule has 0 fully saturated rings. The first-order chi connectivity index (χ1) is 7.13. The van der Waals surface area contributed by atoms with Gasteiger partial charge in [-0.05, 0) is 47.2 Å². The summed E-state index contributed by atoms with van der Waals surface area (Å²) < 4.78 is 6.16. The van der Waals surface area contributed by atoms with Crippen molar-refractivity contribution in [1.82, 2.24) is 4.98 Å². The second-order valence-electron chi connectivity index (χ2n) is 3.26. The molecule has 0 aliphatic carbocycles. The number of hydrogen-bond donors (Lipinski definition) is 0. The summed E-state index contributed by atoms with van der Waals surface area (Å²) in [7, 11) is 1.65. The number of halogens is 2. The molecule has 0 saturated heterocycles. The molecule has 0 atom stereocenters. The van der Waals surface area contributed by atoms with Crippen molar-refractivity contribution in [2.45, 2.75) is 6.92 Å². The molecule has 0 aliphatic rings. The van der Waals surface area contributed by atoms with E-state index in [1.54, 1.807) is 13.3 Å². The van der Waals surface area contributed by atoms with Crippen molar-refractivity contribution in [3.05, 3.63) is 32.5 Å². The minimum absolute atomic E-state index is 0.739. The Morgan fingerprint density at radius 1 is 1.40 bits per heavy atom. The van der Waals surface area contributed by atoms with Crippen molar-refractivity contribution >= 4 is 45.1 Å². The average Bonchev–Trinajstić information content (AvgIpc) is 2.23. The summed E-state index contributed by atoms with van der Waals surface area (Å²) in [6, 6.07) is 3.87. The van der Waals surface area contributed by atoms with Gasteiger partial charge in [0.2, 0.25) is 0 Å². The molecule has 0 unspecified atom stereocenters. The van der Waals surface area contributed by atoms with Gasteiger partial charge < -0.3 is 4.74 Å². The van der Waals surface area contributed by atoms with Gasteiger partial charge in [-0.15, -0.1) is 0 Å². The van der Waals surface area contributed by atoms with E-state index in [0.29, 0.717) is 0 Å². The fraction of sp³-hybridized carbons (Fsp3) is 0.182. The molecule has 0 aliphatic heterocycles. The smallest absolute Gasteiger partial charge is 0.119 e. The van der Waals surface area contributed by atoms with Gasteiger partial charge in [-0.25, -0.2) is 0 Å². The fourth-order valence-electron chi connectivity index (χ4n) is 1.51. The minimum atomic E-state index is 0.739. The Bertz CT molecular complexity index is 527. The predicted octanol–water partition coefficient (Wildman–Crippen LogP) is 3.81. The molecule has 0 spiro atoms. The molecule has 4 heteroatoms. The first-order valence-electron chi connectivity index (χ1n) is 4.42. The van der Waals surface area contributed by atoms with Crippen LogP contribution in [-0.2, 0) is 0 Å². The third-order valence-corrected chi connectivity index (χ3v) is 3.81. The van der Waals surface area contributed by atoms with Crippen LogP contribution in [0, 0.1) is 10.5 Å². The highest BCUT2D eigenvalue weighted by Gasteiger charge is 2.08. The number of ether oxygens (including phenoxy) is 1. The van der Waals surface area contributed by atoms with E-state index in [1.165, 1.54) is 0 Å². The average molecular weight is 334 g/mol. The summed E-state index contributed by atoms with van der Waals surface area (Å²) in [6.45, 7) is 2.00. The Balaban J connectivity index is 2.86. The van der Waals surface area contributed by atoms with E-state index < -0.39 is 0 Å². The van der Waals surface area contributed by atoms with Gasteiger partial charge in [0.25, 0.3) is 0 Å². The van der Waals surface area contributed by atoms with E-state index >= 15 is 0 Å². The fourth-order valence-corrected chi connectivity index (χ4v) is 2.13. The van der Waals surface area contributed by atoms with E-state index in [9.17, 15) is 0 Å². The Hall–Kier alpha value is -0.550. The van der Waals surface area contributed by atoms with Crippen molar-refractivity contribution < 1.29 is 4.74 Å². The highest BCUT2D eigenvalue weighted by molar-refractivity contribution is 14.1. The molecule has 1 aromatic heterocycles. The molecule has 0 radical (unpaired) electrons. The molecule has 2 rings (SSSR count). The van der Waals surface area contributed by atoms with E-state index in [1.807, 2.05) is 19.1 Å².